The summed E-state index contributed by atoms with van der Waals surface area (Å²) in [4.78, 5) is 4.64. The summed E-state index contributed by atoms with van der Waals surface area (Å²) in [6.07, 6.45) is 0. The molecule has 0 atom stereocenters. The minimum Gasteiger partial charge on any atom is -0.279 e. The molecule has 2 nitrogen and oxygen atoms in total. The Bertz CT molecular complexity index is 327. The van der Waals surface area contributed by atoms with Gasteiger partial charge in [0.15, 0.2) is 0 Å². The van der Waals surface area contributed by atoms with Crippen LogP contribution in [0, 0.1) is 5.82 Å². The maximum absolute atomic E-state index is 12.7. The van der Waals surface area contributed by atoms with E-state index >= 15 is 0 Å². The lowest BCUT2D eigenvalue weighted by Crippen LogP contribution is -2.08. The van der Waals surface area contributed by atoms with E-state index in [1.165, 1.54) is 19.2 Å². The van der Waals surface area contributed by atoms with E-state index in [9.17, 15) is 4.39 Å². The summed E-state index contributed by atoms with van der Waals surface area (Å²) in [7, 11) is 1.47. The zero-order chi connectivity index (χ0) is 9.84. The fourth-order valence-corrected chi connectivity index (χ4v) is 1.05. The van der Waals surface area contributed by atoms with E-state index in [1.807, 2.05) is 0 Å². The van der Waals surface area contributed by atoms with Crippen molar-refractivity contribution >= 4 is 17.3 Å². The van der Waals surface area contributed by atoms with Crippen molar-refractivity contribution in [2.75, 3.05) is 7.11 Å². The molecule has 0 saturated carbocycles. The van der Waals surface area contributed by atoms with Gasteiger partial charge in [0.25, 0.3) is 0 Å². The number of hydrogen-bond acceptors (Lipinski definition) is 2. The smallest absolute Gasteiger partial charge is 0.141 e. The van der Waals surface area contributed by atoms with Crippen LogP contribution in [0.4, 0.5) is 4.39 Å². The Morgan fingerprint density at radius 3 is 2.85 bits per heavy atom. The maximum Gasteiger partial charge on any atom is 0.141 e. The predicted octanol–water partition coefficient (Wildman–Crippen LogP) is 2.60. The molecule has 0 aliphatic rings. The van der Waals surface area contributed by atoms with E-state index < -0.39 is 5.82 Å². The van der Waals surface area contributed by atoms with Gasteiger partial charge >= 0.3 is 0 Å². The normalized spacial score (nSPS) is 9.77. The molecular weight excluding hydrogens is 193 g/mol. The van der Waals surface area contributed by atoms with Crippen LogP contribution >= 0.6 is 11.6 Å². The summed E-state index contributed by atoms with van der Waals surface area (Å²) in [5.41, 5.74) is 3.75. The topological polar surface area (TPSA) is 21.3 Å². The highest BCUT2D eigenvalue weighted by Crippen LogP contribution is 2.19. The Labute approximate surface area is 80.9 Å². The lowest BCUT2D eigenvalue weighted by molar-refractivity contribution is 0.137. The van der Waals surface area contributed by atoms with Crippen LogP contribution in [-0.2, 0) is 4.84 Å². The third-order valence-electron chi connectivity index (χ3n) is 1.49. The van der Waals surface area contributed by atoms with Crippen molar-refractivity contribution in [1.29, 1.82) is 0 Å². The van der Waals surface area contributed by atoms with Crippen molar-refractivity contribution in [3.8, 4) is 0 Å². The fourth-order valence-electron chi connectivity index (χ4n) is 0.866. The number of hydroxylamine groups is 1. The SMILES string of the molecule is C=C(NOC)c1ccc(F)c(Cl)c1. The summed E-state index contributed by atoms with van der Waals surface area (Å²) in [5.74, 6) is -0.448. The zero-order valence-corrected chi connectivity index (χ0v) is 7.86. The van der Waals surface area contributed by atoms with Gasteiger partial charge in [0.2, 0.25) is 0 Å². The molecule has 0 amide bonds. The van der Waals surface area contributed by atoms with Crippen molar-refractivity contribution in [1.82, 2.24) is 5.48 Å². The number of nitrogens with one attached hydrogen (secondary N) is 1. The molecule has 0 heterocycles. The largest absolute Gasteiger partial charge is 0.279 e. The van der Waals surface area contributed by atoms with E-state index in [2.05, 4.69) is 16.9 Å². The molecule has 13 heavy (non-hydrogen) atoms. The number of rotatable bonds is 3. The van der Waals surface area contributed by atoms with Gasteiger partial charge < -0.3 is 0 Å². The van der Waals surface area contributed by atoms with Gasteiger partial charge in [-0.05, 0) is 18.2 Å². The van der Waals surface area contributed by atoms with Crippen LogP contribution in [0.5, 0.6) is 0 Å². The van der Waals surface area contributed by atoms with Crippen molar-refractivity contribution in [2.24, 2.45) is 0 Å². The Balaban J connectivity index is 2.90. The molecule has 0 aliphatic carbocycles. The minimum atomic E-state index is -0.448. The highest BCUT2D eigenvalue weighted by atomic mass is 35.5. The number of halogens is 2. The molecule has 0 aliphatic heterocycles. The molecule has 0 spiro atoms. The maximum atomic E-state index is 12.7. The van der Waals surface area contributed by atoms with E-state index in [1.54, 1.807) is 6.07 Å². The summed E-state index contributed by atoms with van der Waals surface area (Å²) in [6, 6.07) is 4.32. The van der Waals surface area contributed by atoms with Gasteiger partial charge in [-0.15, -0.1) is 0 Å². The molecule has 70 valence electrons. The monoisotopic (exact) mass is 201 g/mol. The van der Waals surface area contributed by atoms with Crippen LogP contribution in [0.3, 0.4) is 0 Å². The highest BCUT2D eigenvalue weighted by Gasteiger charge is 2.02. The molecule has 0 saturated heterocycles. The van der Waals surface area contributed by atoms with Crippen LogP contribution in [0.2, 0.25) is 5.02 Å². The Morgan fingerprint density at radius 1 is 1.62 bits per heavy atom. The molecule has 1 aromatic rings. The van der Waals surface area contributed by atoms with E-state index in [0.717, 1.165) is 0 Å². The van der Waals surface area contributed by atoms with Crippen molar-refractivity contribution in [3.05, 3.63) is 41.2 Å². The van der Waals surface area contributed by atoms with Crippen LogP contribution < -0.4 is 5.48 Å². The van der Waals surface area contributed by atoms with Gasteiger partial charge in [0.1, 0.15) is 5.82 Å². The average Bonchev–Trinajstić information content (AvgIpc) is 2.10. The van der Waals surface area contributed by atoms with Crippen molar-refractivity contribution in [2.45, 2.75) is 0 Å². The summed E-state index contributed by atoms with van der Waals surface area (Å²) >= 11 is 5.57. The first kappa shape index (κ1) is 10.0. The van der Waals surface area contributed by atoms with Gasteiger partial charge in [-0.3, -0.25) is 10.3 Å². The first-order valence-corrected chi connectivity index (χ1v) is 3.96. The Kier molecular flexibility index (Phi) is 3.28. The van der Waals surface area contributed by atoms with Gasteiger partial charge in [-0.2, -0.15) is 0 Å². The first-order valence-electron chi connectivity index (χ1n) is 3.58. The Morgan fingerprint density at radius 2 is 2.31 bits per heavy atom. The summed E-state index contributed by atoms with van der Waals surface area (Å²) < 4.78 is 12.7. The molecule has 4 heteroatoms. The lowest BCUT2D eigenvalue weighted by atomic mass is 10.2. The lowest BCUT2D eigenvalue weighted by Gasteiger charge is -2.07. The molecule has 1 N–H and O–H groups in total. The third-order valence-corrected chi connectivity index (χ3v) is 1.78. The van der Waals surface area contributed by atoms with Crippen LogP contribution in [-0.4, -0.2) is 7.11 Å². The standard InChI is InChI=1S/C9H9ClFNO/c1-6(12-13-2)7-3-4-9(11)8(10)5-7/h3-5,12H,1H2,2H3. The number of hydrogen-bond donors (Lipinski definition) is 1. The van der Waals surface area contributed by atoms with Crippen LogP contribution in [0.1, 0.15) is 5.56 Å². The quantitative estimate of drug-likeness (QED) is 0.760. The van der Waals surface area contributed by atoms with E-state index in [0.29, 0.717) is 11.3 Å². The molecular formula is C9H9ClFNO. The third kappa shape index (κ3) is 2.44. The zero-order valence-electron chi connectivity index (χ0n) is 7.10. The minimum absolute atomic E-state index is 0.0663. The second-order valence-electron chi connectivity index (χ2n) is 2.41. The molecule has 0 unspecified atom stereocenters. The first-order chi connectivity index (χ1) is 6.15. The van der Waals surface area contributed by atoms with Crippen molar-refractivity contribution in [3.63, 3.8) is 0 Å². The number of benzene rings is 1. The summed E-state index contributed by atoms with van der Waals surface area (Å²) in [6.45, 7) is 3.67. The molecule has 0 radical (unpaired) electrons. The molecule has 1 aromatic carbocycles. The molecule has 0 fully saturated rings. The van der Waals surface area contributed by atoms with Crippen molar-refractivity contribution < 1.29 is 9.23 Å². The molecule has 0 bridgehead atoms. The van der Waals surface area contributed by atoms with E-state index in [4.69, 9.17) is 11.6 Å². The van der Waals surface area contributed by atoms with Gasteiger partial charge in [-0.25, -0.2) is 4.39 Å². The Hall–Kier alpha value is -1.06. The molecule has 0 aromatic heterocycles. The predicted molar refractivity (Wildman–Crippen MR) is 50.6 cm³/mol. The molecule has 1 rings (SSSR count). The van der Waals surface area contributed by atoms with Gasteiger partial charge in [0, 0.05) is 5.56 Å². The summed E-state index contributed by atoms with van der Waals surface area (Å²) in [5, 5.41) is 0.0663. The average molecular weight is 202 g/mol. The fraction of sp³-hybridized carbons (Fsp3) is 0.111. The van der Waals surface area contributed by atoms with Gasteiger partial charge in [-0.1, -0.05) is 18.2 Å². The van der Waals surface area contributed by atoms with E-state index in [-0.39, 0.29) is 5.02 Å². The van der Waals surface area contributed by atoms with Crippen LogP contribution in [0.25, 0.3) is 5.70 Å². The highest BCUT2D eigenvalue weighted by molar-refractivity contribution is 6.30. The van der Waals surface area contributed by atoms with Gasteiger partial charge in [0.05, 0.1) is 17.8 Å². The second-order valence-corrected chi connectivity index (χ2v) is 2.82. The van der Waals surface area contributed by atoms with Crippen LogP contribution in [0.15, 0.2) is 24.8 Å². The second kappa shape index (κ2) is 4.25.